The minimum absolute atomic E-state index is 0.0768. The van der Waals surface area contributed by atoms with Crippen molar-refractivity contribution in [3.63, 3.8) is 0 Å². The summed E-state index contributed by atoms with van der Waals surface area (Å²) < 4.78 is 17.3. The Hall–Kier alpha value is -4.56. The number of carbonyl (C=O) groups excluding carboxylic acids is 2. The van der Waals surface area contributed by atoms with Crippen LogP contribution in [0, 0.1) is 0 Å². The van der Waals surface area contributed by atoms with Crippen molar-refractivity contribution >= 4 is 40.1 Å². The van der Waals surface area contributed by atoms with Crippen molar-refractivity contribution in [2.45, 2.75) is 18.6 Å². The Kier molecular flexibility index (Phi) is 5.74. The molecule has 2 amide bonds. The van der Waals surface area contributed by atoms with E-state index in [9.17, 15) is 14.7 Å². The number of ether oxygens (including phenoxy) is 2. The summed E-state index contributed by atoms with van der Waals surface area (Å²) in [6.45, 7) is 1.62. The van der Waals surface area contributed by atoms with Crippen LogP contribution in [0.5, 0.6) is 5.88 Å². The van der Waals surface area contributed by atoms with Gasteiger partial charge in [-0.25, -0.2) is 4.68 Å². The van der Waals surface area contributed by atoms with Gasteiger partial charge in [0.05, 0.1) is 37.5 Å². The second kappa shape index (κ2) is 8.90. The second-order valence-corrected chi connectivity index (χ2v) is 8.16. The molecule has 1 aliphatic heterocycles. The van der Waals surface area contributed by atoms with E-state index >= 15 is 0 Å². The van der Waals surface area contributed by atoms with E-state index in [1.807, 2.05) is 0 Å². The van der Waals surface area contributed by atoms with Crippen molar-refractivity contribution in [1.29, 1.82) is 0 Å². The lowest BCUT2D eigenvalue weighted by Gasteiger charge is -2.40. The number of benzene rings is 1. The number of hydrogen-bond acceptors (Lipinski definition) is 11. The van der Waals surface area contributed by atoms with Gasteiger partial charge in [-0.3, -0.25) is 14.5 Å². The number of nitrogen functional groups attached to an aromatic ring is 1. The van der Waals surface area contributed by atoms with Gasteiger partial charge in [0.1, 0.15) is 0 Å². The fraction of sp³-hybridized carbons (Fsp3) is 0.273. The van der Waals surface area contributed by atoms with Crippen LogP contribution in [0.3, 0.4) is 0 Å². The minimum atomic E-state index is -1.85. The summed E-state index contributed by atoms with van der Waals surface area (Å²) >= 11 is 0. The van der Waals surface area contributed by atoms with Crippen molar-refractivity contribution in [3.05, 3.63) is 42.7 Å². The van der Waals surface area contributed by atoms with Crippen LogP contribution in [0.1, 0.15) is 6.92 Å². The molecule has 0 aliphatic carbocycles. The van der Waals surface area contributed by atoms with Gasteiger partial charge >= 0.3 is 0 Å². The van der Waals surface area contributed by atoms with Crippen LogP contribution in [0.2, 0.25) is 0 Å². The standard InChI is InChI=1S/C22H22N8O6/c1-22(18(31)20(32)25-12-3-4-14-15(9-12)36-28-19(14)23)21(33)29(7-8-35-22)16-5-6-30(27-16)13-10-17(34-2)26-24-11-13/h3-6,9-11,18,31H,7-8H2,1-2H3,(H2,23,28)(H,25,32)/t18?,22-/m1/s1. The molecule has 14 nitrogen and oxygen atoms in total. The number of aliphatic hydroxyl groups excluding tert-OH is 1. The van der Waals surface area contributed by atoms with Crippen molar-refractivity contribution < 1.29 is 28.7 Å². The Labute approximate surface area is 203 Å². The molecule has 1 saturated heterocycles. The number of anilines is 3. The average Bonchev–Trinajstić information content (AvgIpc) is 3.52. The molecule has 36 heavy (non-hydrogen) atoms. The summed E-state index contributed by atoms with van der Waals surface area (Å²) in [6.07, 6.45) is 1.31. The maximum Gasteiger partial charge on any atom is 0.263 e. The number of methoxy groups -OCH3 is 1. The Morgan fingerprint density at radius 2 is 2.17 bits per heavy atom. The predicted molar refractivity (Wildman–Crippen MR) is 125 cm³/mol. The van der Waals surface area contributed by atoms with Crippen molar-refractivity contribution in [2.75, 3.05) is 36.2 Å². The number of carbonyl (C=O) groups is 2. The van der Waals surface area contributed by atoms with E-state index in [0.717, 1.165) is 0 Å². The van der Waals surface area contributed by atoms with Gasteiger partial charge in [0.15, 0.2) is 28.9 Å². The van der Waals surface area contributed by atoms with Crippen molar-refractivity contribution in [2.24, 2.45) is 0 Å². The van der Waals surface area contributed by atoms with Crippen LogP contribution >= 0.6 is 0 Å². The normalized spacial score (nSPS) is 18.9. The first-order valence-electron chi connectivity index (χ1n) is 10.8. The molecule has 0 bridgehead atoms. The summed E-state index contributed by atoms with van der Waals surface area (Å²) in [5, 5.41) is 29.8. The van der Waals surface area contributed by atoms with Gasteiger partial charge in [0.25, 0.3) is 11.8 Å². The maximum atomic E-state index is 13.4. The molecular formula is C22H22N8O6. The zero-order valence-electron chi connectivity index (χ0n) is 19.3. The SMILES string of the molecule is COc1cc(-n2ccc(N3CCO[C@](C)(C(O)C(=O)Nc4ccc5c(N)noc5c4)C3=O)n2)cnn1. The Morgan fingerprint density at radius 1 is 1.33 bits per heavy atom. The number of aliphatic hydroxyl groups is 1. The zero-order valence-corrected chi connectivity index (χ0v) is 19.3. The van der Waals surface area contributed by atoms with Crippen molar-refractivity contribution in [1.82, 2.24) is 25.1 Å². The molecule has 5 rings (SSSR count). The molecule has 4 N–H and O–H groups in total. The smallest absolute Gasteiger partial charge is 0.263 e. The van der Waals surface area contributed by atoms with Gasteiger partial charge in [-0.1, -0.05) is 5.16 Å². The Bertz CT molecular complexity index is 1450. The molecule has 4 aromatic rings. The third-order valence-corrected chi connectivity index (χ3v) is 5.87. The third kappa shape index (κ3) is 3.97. The van der Waals surface area contributed by atoms with Crippen molar-refractivity contribution in [3.8, 4) is 11.6 Å². The molecule has 1 aliphatic rings. The van der Waals surface area contributed by atoms with E-state index in [4.69, 9.17) is 19.7 Å². The molecule has 2 atom stereocenters. The van der Waals surface area contributed by atoms with E-state index in [1.54, 1.807) is 30.5 Å². The second-order valence-electron chi connectivity index (χ2n) is 8.16. The van der Waals surface area contributed by atoms with E-state index < -0.39 is 23.5 Å². The molecule has 14 heteroatoms. The summed E-state index contributed by atoms with van der Waals surface area (Å²) in [6, 6.07) is 7.97. The summed E-state index contributed by atoms with van der Waals surface area (Å²) in [5.74, 6) is -0.616. The number of fused-ring (bicyclic) bond motifs is 1. The highest BCUT2D eigenvalue weighted by atomic mass is 16.5. The number of nitrogens with two attached hydrogens (primary N) is 1. The predicted octanol–water partition coefficient (Wildman–Crippen LogP) is 0.516. The lowest BCUT2D eigenvalue weighted by Crippen LogP contribution is -2.63. The van der Waals surface area contributed by atoms with E-state index in [0.29, 0.717) is 34.0 Å². The molecule has 4 heterocycles. The number of amides is 2. The van der Waals surface area contributed by atoms with Crippen LogP contribution in [-0.4, -0.2) is 74.0 Å². The minimum Gasteiger partial charge on any atom is -0.480 e. The first kappa shape index (κ1) is 23.2. The van der Waals surface area contributed by atoms with Gasteiger partial charge in [-0.05, 0) is 19.1 Å². The monoisotopic (exact) mass is 494 g/mol. The zero-order chi connectivity index (χ0) is 25.4. The number of nitrogens with one attached hydrogen (secondary N) is 1. The first-order valence-corrected chi connectivity index (χ1v) is 10.8. The van der Waals surface area contributed by atoms with Crippen LogP contribution in [0.25, 0.3) is 16.7 Å². The van der Waals surface area contributed by atoms with Crippen LogP contribution < -0.4 is 20.7 Å². The number of aromatic nitrogens is 5. The quantitative estimate of drug-likeness (QED) is 0.339. The lowest BCUT2D eigenvalue weighted by atomic mass is 9.94. The van der Waals surface area contributed by atoms with E-state index in [-0.39, 0.29) is 19.0 Å². The molecule has 0 radical (unpaired) electrons. The van der Waals surface area contributed by atoms with Crippen LogP contribution in [-0.2, 0) is 14.3 Å². The summed E-state index contributed by atoms with van der Waals surface area (Å²) in [4.78, 5) is 27.6. The third-order valence-electron chi connectivity index (χ3n) is 5.87. The number of morpholine rings is 1. The number of hydrogen-bond donors (Lipinski definition) is 3. The topological polar surface area (TPSA) is 184 Å². The van der Waals surface area contributed by atoms with Gasteiger partial charge in [-0.2, -0.15) is 5.10 Å². The highest BCUT2D eigenvalue weighted by molar-refractivity contribution is 6.06. The fourth-order valence-electron chi connectivity index (χ4n) is 3.85. The molecule has 1 fully saturated rings. The highest BCUT2D eigenvalue weighted by Crippen LogP contribution is 2.29. The average molecular weight is 494 g/mol. The van der Waals surface area contributed by atoms with E-state index in [1.165, 1.54) is 35.9 Å². The molecule has 0 saturated carbocycles. The molecular weight excluding hydrogens is 472 g/mol. The summed E-state index contributed by atoms with van der Waals surface area (Å²) in [7, 11) is 1.47. The Balaban J connectivity index is 1.34. The lowest BCUT2D eigenvalue weighted by molar-refractivity contribution is -0.170. The Morgan fingerprint density at radius 3 is 2.97 bits per heavy atom. The number of rotatable bonds is 6. The van der Waals surface area contributed by atoms with Gasteiger partial charge in [-0.15, -0.1) is 10.2 Å². The van der Waals surface area contributed by atoms with Gasteiger partial charge in [0.2, 0.25) is 5.88 Å². The largest absolute Gasteiger partial charge is 0.480 e. The van der Waals surface area contributed by atoms with E-state index in [2.05, 4.69) is 25.8 Å². The molecule has 3 aromatic heterocycles. The van der Waals surface area contributed by atoms with Gasteiger partial charge < -0.3 is 30.2 Å². The van der Waals surface area contributed by atoms with Gasteiger partial charge in [0, 0.05) is 30.1 Å². The highest BCUT2D eigenvalue weighted by Gasteiger charge is 2.51. The number of nitrogens with zero attached hydrogens (tertiary/aromatic N) is 6. The summed E-state index contributed by atoms with van der Waals surface area (Å²) in [5.41, 5.74) is 5.11. The molecule has 186 valence electrons. The molecule has 0 spiro atoms. The molecule has 1 aromatic carbocycles. The maximum absolute atomic E-state index is 13.4. The van der Waals surface area contributed by atoms with Crippen LogP contribution in [0.15, 0.2) is 47.2 Å². The molecule has 1 unspecified atom stereocenters. The van der Waals surface area contributed by atoms with Crippen LogP contribution in [0.4, 0.5) is 17.3 Å². The first-order chi connectivity index (χ1) is 17.3. The fourth-order valence-corrected chi connectivity index (χ4v) is 3.85.